The molecule has 0 radical (unpaired) electrons. The van der Waals surface area contributed by atoms with E-state index < -0.39 is 0 Å². The van der Waals surface area contributed by atoms with Crippen molar-refractivity contribution in [3.05, 3.63) is 23.8 Å². The van der Waals surface area contributed by atoms with E-state index >= 15 is 0 Å². The number of esters is 1. The number of nitrogen functional groups attached to an aromatic ring is 1. The summed E-state index contributed by atoms with van der Waals surface area (Å²) >= 11 is 0. The smallest absolute Gasteiger partial charge is 0.340 e. The van der Waals surface area contributed by atoms with Gasteiger partial charge in [-0.3, -0.25) is 0 Å². The molecule has 1 aliphatic rings. The second-order valence-corrected chi connectivity index (χ2v) is 4.97. The highest BCUT2D eigenvalue weighted by Crippen LogP contribution is 2.24. The summed E-state index contributed by atoms with van der Waals surface area (Å²) in [5.74, 6) is -0.381. The first-order chi connectivity index (χ1) is 9.72. The van der Waals surface area contributed by atoms with E-state index in [1.165, 1.54) is 13.5 Å². The Bertz CT molecular complexity index is 456. The van der Waals surface area contributed by atoms with Gasteiger partial charge in [0.2, 0.25) is 0 Å². The number of benzene rings is 1. The third-order valence-corrected chi connectivity index (χ3v) is 3.54. The average molecular weight is 278 g/mol. The number of carbonyl (C=O) groups excluding carboxylic acids is 1. The normalized spacial score (nSPS) is 18.6. The molecule has 0 spiro atoms. The molecule has 1 aromatic rings. The van der Waals surface area contributed by atoms with Crippen molar-refractivity contribution in [1.82, 2.24) is 0 Å². The number of hydrogen-bond acceptors (Lipinski definition) is 5. The minimum Gasteiger partial charge on any atom is -0.465 e. The fourth-order valence-electron chi connectivity index (χ4n) is 2.44. The monoisotopic (exact) mass is 278 g/mol. The molecule has 1 aromatic carbocycles. The number of carbonyl (C=O) groups is 1. The van der Waals surface area contributed by atoms with Gasteiger partial charge in [-0.1, -0.05) is 6.07 Å². The highest BCUT2D eigenvalue weighted by atomic mass is 16.5. The molecule has 0 saturated carbocycles. The molecule has 1 atom stereocenters. The van der Waals surface area contributed by atoms with Gasteiger partial charge in [-0.2, -0.15) is 0 Å². The molecule has 1 aliphatic heterocycles. The summed E-state index contributed by atoms with van der Waals surface area (Å²) in [6.45, 7) is 1.58. The number of nitrogens with two attached hydrogens (primary N) is 1. The lowest BCUT2D eigenvalue weighted by Crippen LogP contribution is -2.22. The zero-order valence-electron chi connectivity index (χ0n) is 11.9. The van der Waals surface area contributed by atoms with Crippen LogP contribution in [0, 0.1) is 0 Å². The van der Waals surface area contributed by atoms with E-state index in [-0.39, 0.29) is 5.97 Å². The van der Waals surface area contributed by atoms with Crippen LogP contribution in [0.4, 0.5) is 11.4 Å². The van der Waals surface area contributed by atoms with Gasteiger partial charge in [0, 0.05) is 13.2 Å². The minimum absolute atomic E-state index is 0.308. The molecule has 0 amide bonds. The van der Waals surface area contributed by atoms with Crippen LogP contribution in [0.25, 0.3) is 0 Å². The van der Waals surface area contributed by atoms with Crippen molar-refractivity contribution >= 4 is 17.3 Å². The Hall–Kier alpha value is -1.75. The summed E-state index contributed by atoms with van der Waals surface area (Å²) in [4.78, 5) is 11.7. The zero-order chi connectivity index (χ0) is 14.4. The maximum Gasteiger partial charge on any atom is 0.340 e. The quantitative estimate of drug-likeness (QED) is 0.639. The van der Waals surface area contributed by atoms with Crippen molar-refractivity contribution in [3.63, 3.8) is 0 Å². The van der Waals surface area contributed by atoms with Crippen molar-refractivity contribution in [2.24, 2.45) is 0 Å². The van der Waals surface area contributed by atoms with Crippen molar-refractivity contribution in [2.75, 3.05) is 31.3 Å². The van der Waals surface area contributed by atoms with Crippen molar-refractivity contribution < 1.29 is 14.3 Å². The van der Waals surface area contributed by atoms with Crippen LogP contribution in [0.15, 0.2) is 18.2 Å². The Labute approximate surface area is 119 Å². The van der Waals surface area contributed by atoms with E-state index in [2.05, 4.69) is 5.32 Å². The van der Waals surface area contributed by atoms with E-state index in [4.69, 9.17) is 15.2 Å². The summed E-state index contributed by atoms with van der Waals surface area (Å²) < 4.78 is 10.5. The van der Waals surface area contributed by atoms with Crippen LogP contribution in [0.2, 0.25) is 0 Å². The van der Waals surface area contributed by atoms with Gasteiger partial charge in [0.15, 0.2) is 0 Å². The highest BCUT2D eigenvalue weighted by Gasteiger charge is 2.16. The number of methoxy groups -OCH3 is 1. The molecule has 1 unspecified atom stereocenters. The SMILES string of the molecule is COC(=O)c1cccc(N)c1NCCC1CCCCO1. The molecule has 20 heavy (non-hydrogen) atoms. The molecule has 1 saturated heterocycles. The first-order valence-corrected chi connectivity index (χ1v) is 7.04. The van der Waals surface area contributed by atoms with Gasteiger partial charge < -0.3 is 20.5 Å². The molecule has 0 bridgehead atoms. The first-order valence-electron chi connectivity index (χ1n) is 7.04. The number of nitrogens with one attached hydrogen (secondary N) is 1. The average Bonchev–Trinajstić information content (AvgIpc) is 2.49. The minimum atomic E-state index is -0.381. The van der Waals surface area contributed by atoms with E-state index in [9.17, 15) is 4.79 Å². The summed E-state index contributed by atoms with van der Waals surface area (Å²) in [6, 6.07) is 5.23. The second-order valence-electron chi connectivity index (χ2n) is 4.97. The van der Waals surface area contributed by atoms with E-state index in [1.807, 2.05) is 0 Å². The van der Waals surface area contributed by atoms with Gasteiger partial charge in [-0.15, -0.1) is 0 Å². The van der Waals surface area contributed by atoms with Crippen LogP contribution < -0.4 is 11.1 Å². The van der Waals surface area contributed by atoms with Gasteiger partial charge in [-0.05, 0) is 37.8 Å². The van der Waals surface area contributed by atoms with Crippen LogP contribution in [-0.2, 0) is 9.47 Å². The molecule has 5 heteroatoms. The van der Waals surface area contributed by atoms with E-state index in [0.29, 0.717) is 23.0 Å². The molecule has 5 nitrogen and oxygen atoms in total. The molecule has 0 aliphatic carbocycles. The molecular weight excluding hydrogens is 256 g/mol. The Morgan fingerprint density at radius 1 is 1.50 bits per heavy atom. The van der Waals surface area contributed by atoms with Gasteiger partial charge in [0.1, 0.15) is 0 Å². The largest absolute Gasteiger partial charge is 0.465 e. The van der Waals surface area contributed by atoms with Gasteiger partial charge in [0.05, 0.1) is 30.2 Å². The highest BCUT2D eigenvalue weighted by molar-refractivity contribution is 5.98. The fourth-order valence-corrected chi connectivity index (χ4v) is 2.44. The van der Waals surface area contributed by atoms with Crippen molar-refractivity contribution in [2.45, 2.75) is 31.8 Å². The van der Waals surface area contributed by atoms with Crippen LogP contribution in [0.1, 0.15) is 36.0 Å². The van der Waals surface area contributed by atoms with E-state index in [1.54, 1.807) is 18.2 Å². The molecule has 110 valence electrons. The Morgan fingerprint density at radius 3 is 3.05 bits per heavy atom. The molecular formula is C15H22N2O3. The summed E-state index contributed by atoms with van der Waals surface area (Å²) in [6.07, 6.45) is 4.71. The van der Waals surface area contributed by atoms with Crippen molar-refractivity contribution in [3.8, 4) is 0 Å². The molecule has 1 fully saturated rings. The fraction of sp³-hybridized carbons (Fsp3) is 0.533. The molecule has 3 N–H and O–H groups in total. The molecule has 1 heterocycles. The Balaban J connectivity index is 1.95. The number of ether oxygens (including phenoxy) is 2. The number of rotatable bonds is 5. The number of anilines is 2. The van der Waals surface area contributed by atoms with E-state index in [0.717, 1.165) is 32.4 Å². The van der Waals surface area contributed by atoms with Gasteiger partial charge in [-0.25, -0.2) is 4.79 Å². The molecule has 2 rings (SSSR count). The first kappa shape index (κ1) is 14.7. The number of para-hydroxylation sites is 1. The lowest BCUT2D eigenvalue weighted by Gasteiger charge is -2.23. The summed E-state index contributed by atoms with van der Waals surface area (Å²) in [5.41, 5.74) is 7.60. The molecule has 0 aromatic heterocycles. The van der Waals surface area contributed by atoms with Gasteiger partial charge in [0.25, 0.3) is 0 Å². The maximum absolute atomic E-state index is 11.7. The van der Waals surface area contributed by atoms with Crippen LogP contribution in [0.3, 0.4) is 0 Å². The second kappa shape index (κ2) is 7.14. The van der Waals surface area contributed by atoms with Crippen molar-refractivity contribution in [1.29, 1.82) is 0 Å². The summed E-state index contributed by atoms with van der Waals surface area (Å²) in [5, 5.41) is 3.24. The third-order valence-electron chi connectivity index (χ3n) is 3.54. The predicted molar refractivity (Wildman–Crippen MR) is 78.9 cm³/mol. The zero-order valence-corrected chi connectivity index (χ0v) is 11.9. The lowest BCUT2D eigenvalue weighted by molar-refractivity contribution is 0.0134. The van der Waals surface area contributed by atoms with Gasteiger partial charge >= 0.3 is 5.97 Å². The Kier molecular flexibility index (Phi) is 5.24. The standard InChI is InChI=1S/C15H22N2O3/c1-19-15(18)12-6-4-7-13(16)14(12)17-9-8-11-5-2-3-10-20-11/h4,6-7,11,17H,2-3,5,8-10,16H2,1H3. The maximum atomic E-state index is 11.7. The summed E-state index contributed by atoms with van der Waals surface area (Å²) in [7, 11) is 1.37. The number of hydrogen-bond donors (Lipinski definition) is 2. The third kappa shape index (κ3) is 3.63. The lowest BCUT2D eigenvalue weighted by atomic mass is 10.1. The Morgan fingerprint density at radius 2 is 2.35 bits per heavy atom. The van der Waals surface area contributed by atoms with Crippen LogP contribution >= 0.6 is 0 Å². The van der Waals surface area contributed by atoms with Crippen LogP contribution in [-0.4, -0.2) is 32.3 Å². The topological polar surface area (TPSA) is 73.6 Å². The van der Waals surface area contributed by atoms with Crippen LogP contribution in [0.5, 0.6) is 0 Å². The predicted octanol–water partition coefficient (Wildman–Crippen LogP) is 2.43.